The van der Waals surface area contributed by atoms with Crippen LogP contribution in [0.2, 0.25) is 0 Å². The van der Waals surface area contributed by atoms with E-state index in [9.17, 15) is 5.11 Å². The Labute approximate surface area is 275 Å². The third-order valence-corrected chi connectivity index (χ3v) is 8.87. The minimum absolute atomic E-state index is 0.0286. The number of aromatic hydroxyl groups is 1. The highest BCUT2D eigenvalue weighted by Crippen LogP contribution is 2.37. The predicted octanol–water partition coefficient (Wildman–Crippen LogP) is 12.3. The predicted molar refractivity (Wildman–Crippen MR) is 191 cm³/mol. The number of phenolic OH excluding ortho intramolecular Hbond substituents is 1. The molecule has 0 bridgehead atoms. The van der Waals surface area contributed by atoms with Gasteiger partial charge in [-0.15, -0.1) is 0 Å². The van der Waals surface area contributed by atoms with Gasteiger partial charge in [0.15, 0.2) is 0 Å². The molecule has 1 N–H and O–H groups in total. The largest absolute Gasteiger partial charge is 0.508 e. The van der Waals surface area contributed by atoms with Gasteiger partial charge in [-0.1, -0.05) is 151 Å². The number of phenols is 1. The van der Waals surface area contributed by atoms with Crippen LogP contribution >= 0.6 is 0 Å². The Balaban J connectivity index is 1.75. The van der Waals surface area contributed by atoms with E-state index in [-0.39, 0.29) is 12.2 Å². The van der Waals surface area contributed by atoms with Crippen molar-refractivity contribution in [3.63, 3.8) is 0 Å². The third kappa shape index (κ3) is 13.3. The number of unbranched alkanes of at least 4 members (excludes halogenated alkanes) is 8. The lowest BCUT2D eigenvalue weighted by atomic mass is 9.88. The molecule has 0 aliphatic carbocycles. The second kappa shape index (κ2) is 19.1. The Bertz CT molecular complexity index is 1200. The molecule has 0 amide bonds. The minimum Gasteiger partial charge on any atom is -0.508 e. The topological polar surface area (TPSA) is 38.7 Å². The average molecular weight is 615 g/mol. The van der Waals surface area contributed by atoms with Crippen molar-refractivity contribution in [2.45, 2.75) is 155 Å². The molecule has 3 aromatic carbocycles. The van der Waals surface area contributed by atoms with Crippen LogP contribution in [0.3, 0.4) is 0 Å². The van der Waals surface area contributed by atoms with Gasteiger partial charge >= 0.3 is 0 Å². The lowest BCUT2D eigenvalue weighted by molar-refractivity contribution is -0.0806. The molecule has 3 heteroatoms. The van der Waals surface area contributed by atoms with Gasteiger partial charge in [-0.05, 0) is 68.9 Å². The molecule has 2 unspecified atom stereocenters. The van der Waals surface area contributed by atoms with Gasteiger partial charge in [0.1, 0.15) is 5.75 Å². The van der Waals surface area contributed by atoms with E-state index in [2.05, 4.69) is 108 Å². The summed E-state index contributed by atoms with van der Waals surface area (Å²) in [7, 11) is 0. The lowest BCUT2D eigenvalue weighted by Crippen LogP contribution is -2.32. The van der Waals surface area contributed by atoms with Gasteiger partial charge in [-0.25, -0.2) is 0 Å². The maximum absolute atomic E-state index is 11.2. The van der Waals surface area contributed by atoms with Crippen LogP contribution in [0.5, 0.6) is 5.75 Å². The molecular formula is C42H62O3. The smallest absolute Gasteiger partial charge is 0.119 e. The first-order valence-corrected chi connectivity index (χ1v) is 17.9. The van der Waals surface area contributed by atoms with Crippen molar-refractivity contribution in [1.29, 1.82) is 0 Å². The molecule has 45 heavy (non-hydrogen) atoms. The minimum atomic E-state index is -0.465. The first-order chi connectivity index (χ1) is 21.6. The van der Waals surface area contributed by atoms with Crippen molar-refractivity contribution in [3.05, 3.63) is 101 Å². The van der Waals surface area contributed by atoms with Crippen LogP contribution in [0.4, 0.5) is 0 Å². The van der Waals surface area contributed by atoms with Crippen molar-refractivity contribution < 1.29 is 14.6 Å². The SMILES string of the molecule is CCCCCCCC(OC(C)(C)Cc1cccc(O)c1CC(C)(C)OC(CCCCCCC)c1ccccc1)c1ccccc1. The Morgan fingerprint density at radius 1 is 0.533 bits per heavy atom. The van der Waals surface area contributed by atoms with Gasteiger partial charge in [-0.2, -0.15) is 0 Å². The van der Waals surface area contributed by atoms with Crippen LogP contribution in [0.25, 0.3) is 0 Å². The summed E-state index contributed by atoms with van der Waals surface area (Å²) in [5.74, 6) is 0.339. The summed E-state index contributed by atoms with van der Waals surface area (Å²) in [6.45, 7) is 13.2. The number of ether oxygens (including phenoxy) is 2. The summed E-state index contributed by atoms with van der Waals surface area (Å²) in [5.41, 5.74) is 3.69. The first kappa shape index (κ1) is 36.8. The van der Waals surface area contributed by atoms with E-state index in [0.717, 1.165) is 30.4 Å². The molecule has 0 saturated carbocycles. The van der Waals surface area contributed by atoms with E-state index >= 15 is 0 Å². The van der Waals surface area contributed by atoms with E-state index in [0.29, 0.717) is 18.6 Å². The van der Waals surface area contributed by atoms with Crippen LogP contribution in [0.15, 0.2) is 78.9 Å². The van der Waals surface area contributed by atoms with Crippen LogP contribution in [0, 0.1) is 0 Å². The average Bonchev–Trinajstić information content (AvgIpc) is 3.02. The summed E-state index contributed by atoms with van der Waals surface area (Å²) < 4.78 is 13.9. The van der Waals surface area contributed by atoms with Crippen molar-refractivity contribution in [2.24, 2.45) is 0 Å². The zero-order chi connectivity index (χ0) is 32.5. The van der Waals surface area contributed by atoms with E-state index in [1.165, 1.54) is 68.9 Å². The van der Waals surface area contributed by atoms with Gasteiger partial charge in [-0.3, -0.25) is 0 Å². The molecule has 3 rings (SSSR count). The summed E-state index contributed by atoms with van der Waals surface area (Å²) in [6, 6.07) is 27.3. The highest BCUT2D eigenvalue weighted by molar-refractivity contribution is 5.41. The van der Waals surface area contributed by atoms with Crippen molar-refractivity contribution in [2.75, 3.05) is 0 Å². The van der Waals surface area contributed by atoms with Crippen LogP contribution in [0.1, 0.15) is 153 Å². The Morgan fingerprint density at radius 3 is 1.44 bits per heavy atom. The molecule has 0 saturated heterocycles. The van der Waals surface area contributed by atoms with E-state index in [1.54, 1.807) is 0 Å². The standard InChI is InChI=1S/C42H62O3/c1-7-9-11-13-21-30-39(34-24-17-15-18-25-34)44-41(3,4)32-36-28-23-29-38(43)37(36)33-42(5,6)45-40(31-22-14-12-10-8-2)35-26-19-16-20-27-35/h15-20,23-29,39-40,43H,7-14,21-22,30-33H2,1-6H3. The zero-order valence-corrected chi connectivity index (χ0v) is 29.3. The van der Waals surface area contributed by atoms with Gasteiger partial charge in [0.25, 0.3) is 0 Å². The van der Waals surface area contributed by atoms with Crippen molar-refractivity contribution in [1.82, 2.24) is 0 Å². The fourth-order valence-electron chi connectivity index (χ4n) is 6.52. The fraction of sp³-hybridized carbons (Fsp3) is 0.571. The second-order valence-corrected chi connectivity index (χ2v) is 14.2. The van der Waals surface area contributed by atoms with Crippen LogP contribution in [-0.4, -0.2) is 16.3 Å². The number of hydrogen-bond acceptors (Lipinski definition) is 3. The molecule has 0 spiro atoms. The monoisotopic (exact) mass is 614 g/mol. The first-order valence-electron chi connectivity index (χ1n) is 17.9. The molecule has 2 atom stereocenters. The molecule has 0 aliphatic heterocycles. The molecule has 0 fully saturated rings. The molecule has 3 nitrogen and oxygen atoms in total. The normalized spacial score (nSPS) is 13.6. The molecule has 0 heterocycles. The third-order valence-electron chi connectivity index (χ3n) is 8.87. The summed E-state index contributed by atoms with van der Waals surface area (Å²) in [5, 5.41) is 11.2. The Kier molecular flexibility index (Phi) is 15.7. The number of rotatable bonds is 22. The van der Waals surface area contributed by atoms with Gasteiger partial charge in [0, 0.05) is 12.8 Å². The zero-order valence-electron chi connectivity index (χ0n) is 29.3. The van der Waals surface area contributed by atoms with Crippen molar-refractivity contribution >= 4 is 0 Å². The maximum Gasteiger partial charge on any atom is 0.119 e. The molecule has 0 aliphatic rings. The van der Waals surface area contributed by atoms with Crippen LogP contribution in [-0.2, 0) is 22.3 Å². The highest BCUT2D eigenvalue weighted by atomic mass is 16.5. The number of hydrogen-bond donors (Lipinski definition) is 1. The lowest BCUT2D eigenvalue weighted by Gasteiger charge is -2.34. The van der Waals surface area contributed by atoms with Crippen LogP contribution < -0.4 is 0 Å². The molecule has 3 aromatic rings. The van der Waals surface area contributed by atoms with E-state index in [4.69, 9.17) is 9.47 Å². The van der Waals surface area contributed by atoms with Crippen molar-refractivity contribution in [3.8, 4) is 5.75 Å². The van der Waals surface area contributed by atoms with E-state index in [1.807, 2.05) is 12.1 Å². The summed E-state index contributed by atoms with van der Waals surface area (Å²) in [4.78, 5) is 0. The molecule has 0 radical (unpaired) electrons. The highest BCUT2D eigenvalue weighted by Gasteiger charge is 2.30. The Morgan fingerprint density at radius 2 is 0.978 bits per heavy atom. The van der Waals surface area contributed by atoms with Gasteiger partial charge in [0.05, 0.1) is 23.4 Å². The molecular weight excluding hydrogens is 552 g/mol. The number of benzene rings is 3. The fourth-order valence-corrected chi connectivity index (χ4v) is 6.52. The second-order valence-electron chi connectivity index (χ2n) is 14.2. The molecule has 0 aromatic heterocycles. The summed E-state index contributed by atoms with van der Waals surface area (Å²) >= 11 is 0. The maximum atomic E-state index is 11.2. The summed E-state index contributed by atoms with van der Waals surface area (Å²) in [6.07, 6.45) is 15.9. The van der Waals surface area contributed by atoms with E-state index < -0.39 is 11.2 Å². The Hall–Kier alpha value is -2.62. The van der Waals surface area contributed by atoms with Gasteiger partial charge < -0.3 is 14.6 Å². The molecule has 248 valence electrons. The quantitative estimate of drug-likeness (QED) is 0.114. The van der Waals surface area contributed by atoms with Gasteiger partial charge in [0.2, 0.25) is 0 Å².